The van der Waals surface area contributed by atoms with Crippen molar-refractivity contribution in [3.05, 3.63) is 48.5 Å². The van der Waals surface area contributed by atoms with E-state index in [4.69, 9.17) is 4.74 Å². The Kier molecular flexibility index (Phi) is 5.05. The fourth-order valence-corrected chi connectivity index (χ4v) is 3.81. The molecule has 2 aliphatic rings. The van der Waals surface area contributed by atoms with Crippen LogP contribution in [-0.4, -0.2) is 45.4 Å². The number of rotatable bonds is 5. The topological polar surface area (TPSA) is 56.8 Å². The molecule has 0 saturated carbocycles. The second kappa shape index (κ2) is 7.78. The number of nitrogens with zero attached hydrogens (tertiary/aromatic N) is 2. The number of urea groups is 1. The van der Waals surface area contributed by atoms with Crippen molar-refractivity contribution in [2.75, 3.05) is 48.4 Å². The standard InChI is InChI=1S/C21H26N4O2/c1-27-20-7-2-4-17(14-20)23-16-8-11-24(12-9-16)18-5-3-6-19(15-18)25-13-10-22-21(25)26/h2-7,14-16,23H,8-13H2,1H3,(H,22,26). The first kappa shape index (κ1) is 17.5. The molecule has 0 atom stereocenters. The maximum Gasteiger partial charge on any atom is 0.321 e. The summed E-state index contributed by atoms with van der Waals surface area (Å²) in [5.74, 6) is 0.875. The highest BCUT2D eigenvalue weighted by Gasteiger charge is 2.23. The average Bonchev–Trinajstić information content (AvgIpc) is 3.15. The van der Waals surface area contributed by atoms with Gasteiger partial charge in [0.05, 0.1) is 7.11 Å². The van der Waals surface area contributed by atoms with Crippen LogP contribution in [0.3, 0.4) is 0 Å². The molecular weight excluding hydrogens is 340 g/mol. The van der Waals surface area contributed by atoms with Gasteiger partial charge in [0.15, 0.2) is 0 Å². The molecule has 2 fully saturated rings. The van der Waals surface area contributed by atoms with Crippen molar-refractivity contribution in [2.24, 2.45) is 0 Å². The van der Waals surface area contributed by atoms with Crippen molar-refractivity contribution in [1.29, 1.82) is 0 Å². The summed E-state index contributed by atoms with van der Waals surface area (Å²) in [4.78, 5) is 16.1. The Morgan fingerprint density at radius 1 is 1.04 bits per heavy atom. The molecule has 0 aromatic heterocycles. The maximum atomic E-state index is 11.9. The quantitative estimate of drug-likeness (QED) is 0.852. The van der Waals surface area contributed by atoms with Crippen LogP contribution >= 0.6 is 0 Å². The molecule has 0 aliphatic carbocycles. The van der Waals surface area contributed by atoms with Crippen molar-refractivity contribution in [3.8, 4) is 5.75 Å². The van der Waals surface area contributed by atoms with Gasteiger partial charge in [0, 0.05) is 55.3 Å². The van der Waals surface area contributed by atoms with Crippen LogP contribution in [-0.2, 0) is 0 Å². The van der Waals surface area contributed by atoms with E-state index in [1.807, 2.05) is 30.3 Å². The van der Waals surface area contributed by atoms with Crippen LogP contribution in [0.4, 0.5) is 21.9 Å². The van der Waals surface area contributed by atoms with Crippen molar-refractivity contribution >= 4 is 23.1 Å². The van der Waals surface area contributed by atoms with Crippen molar-refractivity contribution < 1.29 is 9.53 Å². The van der Waals surface area contributed by atoms with E-state index in [2.05, 4.69) is 33.7 Å². The molecule has 2 saturated heterocycles. The Morgan fingerprint density at radius 2 is 1.81 bits per heavy atom. The Morgan fingerprint density at radius 3 is 2.56 bits per heavy atom. The highest BCUT2D eigenvalue weighted by Crippen LogP contribution is 2.27. The van der Waals surface area contributed by atoms with Gasteiger partial charge in [0.25, 0.3) is 0 Å². The zero-order valence-corrected chi connectivity index (χ0v) is 15.6. The molecular formula is C21H26N4O2. The summed E-state index contributed by atoms with van der Waals surface area (Å²) in [5, 5.41) is 6.48. The van der Waals surface area contributed by atoms with Gasteiger partial charge >= 0.3 is 6.03 Å². The van der Waals surface area contributed by atoms with E-state index < -0.39 is 0 Å². The van der Waals surface area contributed by atoms with E-state index in [-0.39, 0.29) is 6.03 Å². The summed E-state index contributed by atoms with van der Waals surface area (Å²) >= 11 is 0. The number of amides is 2. The molecule has 2 N–H and O–H groups in total. The minimum Gasteiger partial charge on any atom is -0.497 e. The van der Waals surface area contributed by atoms with Gasteiger partial charge in [-0.25, -0.2) is 4.79 Å². The maximum absolute atomic E-state index is 11.9. The van der Waals surface area contributed by atoms with Crippen LogP contribution in [0.5, 0.6) is 5.75 Å². The predicted molar refractivity (Wildman–Crippen MR) is 109 cm³/mol. The Bertz CT molecular complexity index is 802. The van der Waals surface area contributed by atoms with Crippen LogP contribution in [0.2, 0.25) is 0 Å². The molecule has 6 nitrogen and oxygen atoms in total. The summed E-state index contributed by atoms with van der Waals surface area (Å²) in [7, 11) is 1.69. The van der Waals surface area contributed by atoms with E-state index in [1.165, 1.54) is 5.69 Å². The van der Waals surface area contributed by atoms with Gasteiger partial charge in [0.2, 0.25) is 0 Å². The number of benzene rings is 2. The predicted octanol–water partition coefficient (Wildman–Crippen LogP) is 3.31. The van der Waals surface area contributed by atoms with Gasteiger partial charge < -0.3 is 20.3 Å². The zero-order valence-electron chi connectivity index (χ0n) is 15.6. The largest absolute Gasteiger partial charge is 0.497 e. The molecule has 142 valence electrons. The normalized spacial score (nSPS) is 17.7. The van der Waals surface area contributed by atoms with E-state index >= 15 is 0 Å². The van der Waals surface area contributed by atoms with Gasteiger partial charge in [-0.15, -0.1) is 0 Å². The fourth-order valence-electron chi connectivity index (χ4n) is 3.81. The summed E-state index contributed by atoms with van der Waals surface area (Å²) < 4.78 is 5.30. The SMILES string of the molecule is COc1cccc(NC2CCN(c3cccc(N4CCNC4=O)c3)CC2)c1. The summed E-state index contributed by atoms with van der Waals surface area (Å²) in [5.41, 5.74) is 3.26. The van der Waals surface area contributed by atoms with Gasteiger partial charge in [-0.05, 0) is 43.2 Å². The lowest BCUT2D eigenvalue weighted by molar-refractivity contribution is 0.252. The number of hydrogen-bond donors (Lipinski definition) is 2. The number of carbonyl (C=O) groups excluding carboxylic acids is 1. The van der Waals surface area contributed by atoms with Gasteiger partial charge in [-0.2, -0.15) is 0 Å². The van der Waals surface area contributed by atoms with Crippen LogP contribution in [0.1, 0.15) is 12.8 Å². The Balaban J connectivity index is 1.37. The minimum absolute atomic E-state index is 0.00616. The van der Waals surface area contributed by atoms with Crippen LogP contribution in [0.15, 0.2) is 48.5 Å². The molecule has 2 aliphatic heterocycles. The van der Waals surface area contributed by atoms with E-state index in [0.29, 0.717) is 12.6 Å². The van der Waals surface area contributed by atoms with Crippen molar-refractivity contribution in [2.45, 2.75) is 18.9 Å². The summed E-state index contributed by atoms with van der Waals surface area (Å²) in [6, 6.07) is 16.8. The van der Waals surface area contributed by atoms with Gasteiger partial charge in [-0.3, -0.25) is 4.90 Å². The molecule has 0 radical (unpaired) electrons. The van der Waals surface area contributed by atoms with Crippen LogP contribution < -0.4 is 25.2 Å². The Labute approximate surface area is 160 Å². The lowest BCUT2D eigenvalue weighted by atomic mass is 10.0. The molecule has 6 heteroatoms. The van der Waals surface area contributed by atoms with E-state index in [0.717, 1.165) is 49.6 Å². The molecule has 2 heterocycles. The monoisotopic (exact) mass is 366 g/mol. The lowest BCUT2D eigenvalue weighted by Crippen LogP contribution is -2.39. The highest BCUT2D eigenvalue weighted by atomic mass is 16.5. The molecule has 2 aromatic carbocycles. The first-order valence-electron chi connectivity index (χ1n) is 9.54. The lowest BCUT2D eigenvalue weighted by Gasteiger charge is -2.35. The number of hydrogen-bond acceptors (Lipinski definition) is 4. The molecule has 0 spiro atoms. The first-order chi connectivity index (χ1) is 13.2. The minimum atomic E-state index is -0.00616. The number of piperidine rings is 1. The van der Waals surface area contributed by atoms with Crippen LogP contribution in [0, 0.1) is 0 Å². The number of anilines is 3. The number of ether oxygens (including phenoxy) is 1. The second-order valence-corrected chi connectivity index (χ2v) is 7.04. The summed E-state index contributed by atoms with van der Waals surface area (Å²) in [6.07, 6.45) is 2.15. The van der Waals surface area contributed by atoms with E-state index in [1.54, 1.807) is 12.0 Å². The molecule has 4 rings (SSSR count). The van der Waals surface area contributed by atoms with Gasteiger partial charge in [0.1, 0.15) is 5.75 Å². The second-order valence-electron chi connectivity index (χ2n) is 7.04. The third-order valence-electron chi connectivity index (χ3n) is 5.30. The zero-order chi connectivity index (χ0) is 18.6. The highest BCUT2D eigenvalue weighted by molar-refractivity contribution is 5.94. The third-order valence-corrected chi connectivity index (χ3v) is 5.30. The van der Waals surface area contributed by atoms with Crippen LogP contribution in [0.25, 0.3) is 0 Å². The third kappa shape index (κ3) is 3.94. The fraction of sp³-hybridized carbons (Fsp3) is 0.381. The first-order valence-corrected chi connectivity index (χ1v) is 9.54. The average molecular weight is 366 g/mol. The molecule has 0 unspecified atom stereocenters. The number of carbonyl (C=O) groups is 1. The summed E-state index contributed by atoms with van der Waals surface area (Å²) in [6.45, 7) is 3.44. The Hall–Kier alpha value is -2.89. The van der Waals surface area contributed by atoms with E-state index in [9.17, 15) is 4.79 Å². The number of methoxy groups -OCH3 is 1. The molecule has 2 aromatic rings. The molecule has 2 amide bonds. The molecule has 27 heavy (non-hydrogen) atoms. The molecule has 0 bridgehead atoms. The van der Waals surface area contributed by atoms with Gasteiger partial charge in [-0.1, -0.05) is 12.1 Å². The van der Waals surface area contributed by atoms with Crippen molar-refractivity contribution in [3.63, 3.8) is 0 Å². The number of nitrogens with one attached hydrogen (secondary N) is 2. The smallest absolute Gasteiger partial charge is 0.321 e. The van der Waals surface area contributed by atoms with Crippen molar-refractivity contribution in [1.82, 2.24) is 5.32 Å².